The van der Waals surface area contributed by atoms with Gasteiger partial charge in [-0.3, -0.25) is 9.69 Å². The maximum absolute atomic E-state index is 11.8. The summed E-state index contributed by atoms with van der Waals surface area (Å²) < 4.78 is 6.15. The van der Waals surface area contributed by atoms with Crippen LogP contribution in [0.1, 0.15) is 31.2 Å². The predicted octanol–water partition coefficient (Wildman–Crippen LogP) is 2.94. The second-order valence-corrected chi connectivity index (χ2v) is 7.88. The van der Waals surface area contributed by atoms with E-state index in [9.17, 15) is 4.79 Å². The van der Waals surface area contributed by atoms with Crippen LogP contribution < -0.4 is 0 Å². The van der Waals surface area contributed by atoms with E-state index in [0.29, 0.717) is 11.8 Å². The average Bonchev–Trinajstić information content (AvgIpc) is 3.13. The first-order valence-electron chi connectivity index (χ1n) is 9.03. The minimum Gasteiger partial charge on any atom is -0.372 e. The lowest BCUT2D eigenvalue weighted by Crippen LogP contribution is -2.64. The van der Waals surface area contributed by atoms with Crippen molar-refractivity contribution < 1.29 is 9.53 Å². The van der Waals surface area contributed by atoms with Gasteiger partial charge in [-0.15, -0.1) is 0 Å². The molecule has 130 valence electrons. The first kappa shape index (κ1) is 16.4. The zero-order valence-corrected chi connectivity index (χ0v) is 14.8. The third-order valence-corrected chi connectivity index (χ3v) is 6.07. The lowest BCUT2D eigenvalue weighted by molar-refractivity contribution is -0.139. The lowest BCUT2D eigenvalue weighted by Gasteiger charge is -2.50. The number of hydrogen-bond donors (Lipinski definition) is 0. The molecule has 3 saturated heterocycles. The fraction of sp³-hybridized carbons (Fsp3) is 0.632. The molecule has 4 rings (SSSR count). The maximum Gasteiger partial charge on any atom is 0.222 e. The second-order valence-electron chi connectivity index (χ2n) is 7.44. The number of likely N-dealkylation sites (tertiary alicyclic amines) is 2. The van der Waals surface area contributed by atoms with Crippen molar-refractivity contribution in [3.8, 4) is 0 Å². The van der Waals surface area contributed by atoms with E-state index in [1.165, 1.54) is 5.56 Å². The Bertz CT molecular complexity index is 598. The van der Waals surface area contributed by atoms with Crippen LogP contribution in [-0.4, -0.2) is 54.1 Å². The summed E-state index contributed by atoms with van der Waals surface area (Å²) in [5.41, 5.74) is 1.33. The number of amides is 1. The van der Waals surface area contributed by atoms with E-state index in [1.807, 2.05) is 17.0 Å². The minimum atomic E-state index is 0.0369. The fourth-order valence-electron chi connectivity index (χ4n) is 4.46. The first-order valence-corrected chi connectivity index (χ1v) is 9.41. The van der Waals surface area contributed by atoms with Gasteiger partial charge in [-0.05, 0) is 42.9 Å². The van der Waals surface area contributed by atoms with Crippen molar-refractivity contribution >= 4 is 17.5 Å². The Hall–Kier alpha value is -1.10. The van der Waals surface area contributed by atoms with Crippen LogP contribution in [0.4, 0.5) is 0 Å². The molecule has 3 fully saturated rings. The monoisotopic (exact) mass is 348 g/mol. The van der Waals surface area contributed by atoms with Gasteiger partial charge in [0.15, 0.2) is 0 Å². The summed E-state index contributed by atoms with van der Waals surface area (Å²) in [6.07, 6.45) is 3.98. The highest BCUT2D eigenvalue weighted by molar-refractivity contribution is 6.30. The van der Waals surface area contributed by atoms with Crippen LogP contribution in [0.25, 0.3) is 0 Å². The third kappa shape index (κ3) is 3.19. The zero-order chi connectivity index (χ0) is 16.6. The van der Waals surface area contributed by atoms with Crippen LogP contribution in [0.5, 0.6) is 0 Å². The average molecular weight is 349 g/mol. The normalized spacial score (nSPS) is 26.3. The molecule has 3 aliphatic heterocycles. The number of ether oxygens (including phenoxy) is 1. The van der Waals surface area contributed by atoms with E-state index in [-0.39, 0.29) is 5.60 Å². The highest BCUT2D eigenvalue weighted by Gasteiger charge is 2.52. The van der Waals surface area contributed by atoms with Crippen molar-refractivity contribution in [1.29, 1.82) is 0 Å². The van der Waals surface area contributed by atoms with Crippen molar-refractivity contribution in [3.05, 3.63) is 34.9 Å². The molecule has 1 spiro atoms. The molecule has 1 amide bonds. The van der Waals surface area contributed by atoms with Crippen molar-refractivity contribution in [2.45, 2.75) is 37.8 Å². The van der Waals surface area contributed by atoms with E-state index in [4.69, 9.17) is 16.3 Å². The Kier molecular flexibility index (Phi) is 4.54. The van der Waals surface area contributed by atoms with Crippen LogP contribution in [0.2, 0.25) is 5.02 Å². The van der Waals surface area contributed by atoms with Crippen LogP contribution in [0.15, 0.2) is 24.3 Å². The summed E-state index contributed by atoms with van der Waals surface area (Å²) in [5.74, 6) is 0.924. The number of carbonyl (C=O) groups is 1. The standard InChI is InChI=1S/C19H25ClN2O2/c20-17-5-3-15(4-6-17)12-21-13-19(14-21)16(8-11-24-19)7-10-22-9-1-2-18(22)23/h3-6,16H,1-2,7-14H2. The summed E-state index contributed by atoms with van der Waals surface area (Å²) in [7, 11) is 0. The smallest absolute Gasteiger partial charge is 0.222 e. The van der Waals surface area contributed by atoms with E-state index >= 15 is 0 Å². The van der Waals surface area contributed by atoms with Crippen LogP contribution in [0.3, 0.4) is 0 Å². The Balaban J connectivity index is 1.29. The van der Waals surface area contributed by atoms with Crippen molar-refractivity contribution in [1.82, 2.24) is 9.80 Å². The number of carbonyl (C=O) groups excluding carboxylic acids is 1. The Morgan fingerprint density at radius 3 is 2.75 bits per heavy atom. The molecule has 3 aliphatic rings. The molecule has 5 heteroatoms. The van der Waals surface area contributed by atoms with Gasteiger partial charge in [-0.2, -0.15) is 0 Å². The molecular formula is C19H25ClN2O2. The highest BCUT2D eigenvalue weighted by atomic mass is 35.5. The molecule has 0 bridgehead atoms. The molecule has 1 aromatic rings. The number of benzene rings is 1. The van der Waals surface area contributed by atoms with E-state index in [0.717, 1.165) is 70.0 Å². The molecule has 0 radical (unpaired) electrons. The number of rotatable bonds is 5. The highest BCUT2D eigenvalue weighted by Crippen LogP contribution is 2.42. The molecule has 1 aromatic carbocycles. The van der Waals surface area contributed by atoms with Crippen LogP contribution >= 0.6 is 11.6 Å². The van der Waals surface area contributed by atoms with E-state index in [2.05, 4.69) is 17.0 Å². The summed E-state index contributed by atoms with van der Waals surface area (Å²) in [6.45, 7) is 5.70. The number of nitrogens with zero attached hydrogens (tertiary/aromatic N) is 2. The number of hydrogen-bond acceptors (Lipinski definition) is 3. The second kappa shape index (κ2) is 6.66. The Morgan fingerprint density at radius 2 is 2.04 bits per heavy atom. The molecule has 0 N–H and O–H groups in total. The Labute approximate surface area is 148 Å². The van der Waals surface area contributed by atoms with Gasteiger partial charge in [0.25, 0.3) is 0 Å². The van der Waals surface area contributed by atoms with Gasteiger partial charge in [0.2, 0.25) is 5.91 Å². The number of halogens is 1. The summed E-state index contributed by atoms with van der Waals surface area (Å²) in [5, 5.41) is 0.787. The van der Waals surface area contributed by atoms with E-state index in [1.54, 1.807) is 0 Å². The van der Waals surface area contributed by atoms with Crippen LogP contribution in [-0.2, 0) is 16.1 Å². The lowest BCUT2D eigenvalue weighted by atomic mass is 9.78. The molecule has 1 unspecified atom stereocenters. The predicted molar refractivity (Wildman–Crippen MR) is 94.0 cm³/mol. The van der Waals surface area contributed by atoms with Gasteiger partial charge >= 0.3 is 0 Å². The first-order chi connectivity index (χ1) is 11.6. The maximum atomic E-state index is 11.8. The summed E-state index contributed by atoms with van der Waals surface area (Å²) in [4.78, 5) is 16.3. The summed E-state index contributed by atoms with van der Waals surface area (Å²) in [6, 6.07) is 8.10. The van der Waals surface area contributed by atoms with Crippen molar-refractivity contribution in [3.63, 3.8) is 0 Å². The molecule has 0 aromatic heterocycles. The fourth-order valence-corrected chi connectivity index (χ4v) is 4.59. The van der Waals surface area contributed by atoms with Crippen molar-refractivity contribution in [2.24, 2.45) is 5.92 Å². The summed E-state index contributed by atoms with van der Waals surface area (Å²) >= 11 is 5.95. The van der Waals surface area contributed by atoms with Crippen LogP contribution in [0, 0.1) is 5.92 Å². The third-order valence-electron chi connectivity index (χ3n) is 5.82. The zero-order valence-electron chi connectivity index (χ0n) is 14.0. The van der Waals surface area contributed by atoms with Gasteiger partial charge in [0, 0.05) is 50.8 Å². The molecule has 0 aliphatic carbocycles. The molecule has 1 atom stereocenters. The largest absolute Gasteiger partial charge is 0.372 e. The molecular weight excluding hydrogens is 324 g/mol. The topological polar surface area (TPSA) is 32.8 Å². The van der Waals surface area contributed by atoms with Crippen molar-refractivity contribution in [2.75, 3.05) is 32.8 Å². The molecule has 24 heavy (non-hydrogen) atoms. The van der Waals surface area contributed by atoms with Gasteiger partial charge in [0.05, 0.1) is 5.60 Å². The van der Waals surface area contributed by atoms with Gasteiger partial charge in [0.1, 0.15) is 0 Å². The SMILES string of the molecule is O=C1CCCN1CCC1CCOC12CN(Cc1ccc(Cl)cc1)C2. The molecule has 0 saturated carbocycles. The molecule has 3 heterocycles. The quantitative estimate of drug-likeness (QED) is 0.820. The minimum absolute atomic E-state index is 0.0369. The van der Waals surface area contributed by atoms with Gasteiger partial charge < -0.3 is 9.64 Å². The molecule has 4 nitrogen and oxygen atoms in total. The van der Waals surface area contributed by atoms with Gasteiger partial charge in [-0.25, -0.2) is 0 Å². The van der Waals surface area contributed by atoms with Gasteiger partial charge in [-0.1, -0.05) is 23.7 Å². The van der Waals surface area contributed by atoms with E-state index < -0.39 is 0 Å². The Morgan fingerprint density at radius 1 is 1.25 bits per heavy atom.